The number of alkyl halides is 3. The van der Waals surface area contributed by atoms with E-state index in [0.717, 1.165) is 28.6 Å². The Hall–Kier alpha value is -2.86. The van der Waals surface area contributed by atoms with Crippen molar-refractivity contribution in [3.05, 3.63) is 53.8 Å². The standard InChI is InChI=1S/C21H21F4NO6S/c1-20(2,21(23,24)25)32-19(28)10-13-3-8-18-17(9-13)26(15(11-27)12-31-18)33(29,30)16-6-4-14(22)5-7-16/h3-9,15,27H,10-12H2,1-2H3/t15-/m1/s1. The van der Waals surface area contributed by atoms with Gasteiger partial charge in [-0.2, -0.15) is 13.2 Å². The predicted octanol–water partition coefficient (Wildman–Crippen LogP) is 3.20. The number of rotatable bonds is 6. The SMILES string of the molecule is CC(C)(OC(=O)Cc1ccc2c(c1)N(S(=O)(=O)c1ccc(F)cc1)[C@H](CO)CO2)C(F)(F)F. The van der Waals surface area contributed by atoms with E-state index in [1.165, 1.54) is 18.2 Å². The highest BCUT2D eigenvalue weighted by atomic mass is 32.2. The number of fused-ring (bicyclic) bond motifs is 1. The maximum absolute atomic E-state index is 13.3. The number of ether oxygens (including phenoxy) is 2. The Balaban J connectivity index is 1.96. The Bertz CT molecular complexity index is 1130. The van der Waals surface area contributed by atoms with Crippen LogP contribution in [0.1, 0.15) is 19.4 Å². The van der Waals surface area contributed by atoms with Crippen LogP contribution in [0.15, 0.2) is 47.4 Å². The summed E-state index contributed by atoms with van der Waals surface area (Å²) < 4.78 is 89.8. The number of sulfonamides is 1. The molecule has 0 radical (unpaired) electrons. The minimum atomic E-state index is -4.78. The topological polar surface area (TPSA) is 93.1 Å². The lowest BCUT2D eigenvalue weighted by atomic mass is 10.1. The largest absolute Gasteiger partial charge is 0.489 e. The molecular formula is C21H21F4NO6S. The molecule has 7 nitrogen and oxygen atoms in total. The van der Waals surface area contributed by atoms with Gasteiger partial charge in [-0.1, -0.05) is 6.07 Å². The second-order valence-corrected chi connectivity index (χ2v) is 9.68. The Labute approximate surface area is 187 Å². The van der Waals surface area contributed by atoms with E-state index in [0.29, 0.717) is 13.8 Å². The van der Waals surface area contributed by atoms with Crippen molar-refractivity contribution in [2.24, 2.45) is 0 Å². The van der Waals surface area contributed by atoms with Gasteiger partial charge in [0.25, 0.3) is 10.0 Å². The number of esters is 1. The minimum absolute atomic E-state index is 0.0231. The zero-order chi connectivity index (χ0) is 24.6. The summed E-state index contributed by atoms with van der Waals surface area (Å²) in [6.45, 7) is 0.653. The van der Waals surface area contributed by atoms with E-state index in [-0.39, 0.29) is 28.5 Å². The van der Waals surface area contributed by atoms with Gasteiger partial charge in [-0.05, 0) is 55.8 Å². The highest BCUT2D eigenvalue weighted by molar-refractivity contribution is 7.92. The van der Waals surface area contributed by atoms with E-state index in [1.54, 1.807) is 0 Å². The summed E-state index contributed by atoms with van der Waals surface area (Å²) in [7, 11) is -4.29. The van der Waals surface area contributed by atoms with E-state index >= 15 is 0 Å². The van der Waals surface area contributed by atoms with Crippen LogP contribution in [0, 0.1) is 5.82 Å². The molecule has 0 saturated heterocycles. The zero-order valence-corrected chi connectivity index (χ0v) is 18.4. The number of benzene rings is 2. The maximum Gasteiger partial charge on any atom is 0.427 e. The molecule has 1 aliphatic rings. The number of halogens is 4. The number of carbonyl (C=O) groups excluding carboxylic acids is 1. The molecule has 0 bridgehead atoms. The lowest BCUT2D eigenvalue weighted by Crippen LogP contribution is -2.48. The number of nitrogens with zero attached hydrogens (tertiary/aromatic N) is 1. The molecule has 0 aliphatic carbocycles. The number of carbonyl (C=O) groups is 1. The molecule has 0 amide bonds. The van der Waals surface area contributed by atoms with Crippen LogP contribution in [-0.4, -0.2) is 50.5 Å². The van der Waals surface area contributed by atoms with Crippen molar-refractivity contribution in [2.75, 3.05) is 17.5 Å². The summed E-state index contributed by atoms with van der Waals surface area (Å²) in [5.41, 5.74) is -2.57. The van der Waals surface area contributed by atoms with Gasteiger partial charge in [-0.3, -0.25) is 9.10 Å². The average molecular weight is 491 g/mol. The molecule has 12 heteroatoms. The van der Waals surface area contributed by atoms with E-state index in [9.17, 15) is 35.9 Å². The van der Waals surface area contributed by atoms with E-state index < -0.39 is 52.7 Å². The van der Waals surface area contributed by atoms with Crippen molar-refractivity contribution in [3.63, 3.8) is 0 Å². The molecule has 1 N–H and O–H groups in total. The zero-order valence-electron chi connectivity index (χ0n) is 17.6. The number of aliphatic hydroxyl groups excluding tert-OH is 1. The first kappa shape index (κ1) is 24.8. The normalized spacial score (nSPS) is 16.7. The molecule has 1 aliphatic heterocycles. The lowest BCUT2D eigenvalue weighted by molar-refractivity contribution is -0.257. The molecule has 180 valence electrons. The molecule has 0 spiro atoms. The van der Waals surface area contributed by atoms with Crippen LogP contribution in [0.4, 0.5) is 23.2 Å². The summed E-state index contributed by atoms with van der Waals surface area (Å²) in [5, 5.41) is 9.73. The van der Waals surface area contributed by atoms with Crippen molar-refractivity contribution in [2.45, 2.75) is 43.0 Å². The molecule has 0 saturated carbocycles. The van der Waals surface area contributed by atoms with Crippen LogP contribution in [0.3, 0.4) is 0 Å². The van der Waals surface area contributed by atoms with Gasteiger partial charge in [-0.15, -0.1) is 0 Å². The highest BCUT2D eigenvalue weighted by Gasteiger charge is 2.50. The van der Waals surface area contributed by atoms with Gasteiger partial charge in [0.1, 0.15) is 24.2 Å². The average Bonchev–Trinajstić information content (AvgIpc) is 2.71. The Morgan fingerprint density at radius 2 is 1.82 bits per heavy atom. The van der Waals surface area contributed by atoms with Gasteiger partial charge < -0.3 is 14.6 Å². The van der Waals surface area contributed by atoms with Crippen molar-refractivity contribution in [1.29, 1.82) is 0 Å². The first-order valence-electron chi connectivity index (χ1n) is 9.71. The van der Waals surface area contributed by atoms with Gasteiger partial charge in [0, 0.05) is 0 Å². The Morgan fingerprint density at radius 1 is 1.18 bits per heavy atom. The second-order valence-electron chi connectivity index (χ2n) is 7.86. The van der Waals surface area contributed by atoms with E-state index in [4.69, 9.17) is 4.74 Å². The fourth-order valence-electron chi connectivity index (χ4n) is 3.14. The summed E-state index contributed by atoms with van der Waals surface area (Å²) in [6.07, 6.45) is -5.35. The number of hydrogen-bond acceptors (Lipinski definition) is 6. The van der Waals surface area contributed by atoms with Crippen LogP contribution in [-0.2, 0) is 26.0 Å². The monoisotopic (exact) mass is 491 g/mol. The Morgan fingerprint density at radius 3 is 2.39 bits per heavy atom. The van der Waals surface area contributed by atoms with Crippen LogP contribution in [0.2, 0.25) is 0 Å². The van der Waals surface area contributed by atoms with Crippen molar-refractivity contribution in [3.8, 4) is 5.75 Å². The van der Waals surface area contributed by atoms with Gasteiger partial charge in [0.2, 0.25) is 5.60 Å². The fourth-order valence-corrected chi connectivity index (χ4v) is 4.76. The highest BCUT2D eigenvalue weighted by Crippen LogP contribution is 2.39. The van der Waals surface area contributed by atoms with Gasteiger partial charge in [0.05, 0.1) is 23.6 Å². The summed E-state index contributed by atoms with van der Waals surface area (Å²) in [5.74, 6) is -1.68. The number of anilines is 1. The van der Waals surface area contributed by atoms with Gasteiger partial charge in [-0.25, -0.2) is 12.8 Å². The molecule has 2 aromatic rings. The van der Waals surface area contributed by atoms with Gasteiger partial charge >= 0.3 is 12.1 Å². The van der Waals surface area contributed by atoms with Crippen molar-refractivity contribution >= 4 is 21.7 Å². The predicted molar refractivity (Wildman–Crippen MR) is 109 cm³/mol. The third-order valence-corrected chi connectivity index (χ3v) is 6.89. The fraction of sp³-hybridized carbons (Fsp3) is 0.381. The molecule has 2 aromatic carbocycles. The number of hydrogen-bond donors (Lipinski definition) is 1. The smallest absolute Gasteiger partial charge is 0.427 e. The summed E-state index contributed by atoms with van der Waals surface area (Å²) >= 11 is 0. The number of aliphatic hydroxyl groups is 1. The second kappa shape index (κ2) is 8.82. The molecule has 0 unspecified atom stereocenters. The van der Waals surface area contributed by atoms with E-state index in [2.05, 4.69) is 4.74 Å². The van der Waals surface area contributed by atoms with Crippen LogP contribution >= 0.6 is 0 Å². The van der Waals surface area contributed by atoms with Gasteiger partial charge in [0.15, 0.2) is 0 Å². The minimum Gasteiger partial charge on any atom is -0.489 e. The molecule has 0 aromatic heterocycles. The summed E-state index contributed by atoms with van der Waals surface area (Å²) in [4.78, 5) is 11.9. The van der Waals surface area contributed by atoms with Crippen molar-refractivity contribution in [1.82, 2.24) is 0 Å². The Kier molecular flexibility index (Phi) is 6.62. The van der Waals surface area contributed by atoms with E-state index in [1.807, 2.05) is 0 Å². The van der Waals surface area contributed by atoms with Crippen molar-refractivity contribution < 1.29 is 45.4 Å². The summed E-state index contributed by atoms with van der Waals surface area (Å²) in [6, 6.07) is 7.06. The van der Waals surface area contributed by atoms with Crippen LogP contribution < -0.4 is 9.04 Å². The first-order chi connectivity index (χ1) is 15.3. The van der Waals surface area contributed by atoms with Crippen LogP contribution in [0.5, 0.6) is 5.75 Å². The molecule has 1 atom stereocenters. The molecule has 1 heterocycles. The molecule has 3 rings (SSSR count). The quantitative estimate of drug-likeness (QED) is 0.493. The first-order valence-corrected chi connectivity index (χ1v) is 11.2. The molecular weight excluding hydrogens is 470 g/mol. The lowest BCUT2D eigenvalue weighted by Gasteiger charge is -2.37. The molecule has 0 fully saturated rings. The third kappa shape index (κ3) is 5.06. The molecule has 33 heavy (non-hydrogen) atoms. The maximum atomic E-state index is 13.3. The third-order valence-electron chi connectivity index (χ3n) is 5.00. The van der Waals surface area contributed by atoms with Crippen LogP contribution in [0.25, 0.3) is 0 Å².